The summed E-state index contributed by atoms with van der Waals surface area (Å²) in [7, 11) is 0. The Hall–Kier alpha value is -0.610. The summed E-state index contributed by atoms with van der Waals surface area (Å²) in [6.07, 6.45) is 3.41. The first-order valence-electron chi connectivity index (χ1n) is 4.87. The van der Waals surface area contributed by atoms with E-state index in [1.54, 1.807) is 0 Å². The molecule has 1 saturated heterocycles. The first kappa shape index (κ1) is 10.5. The van der Waals surface area contributed by atoms with Gasteiger partial charge in [0.15, 0.2) is 0 Å². The maximum atomic E-state index is 5.49. The maximum absolute atomic E-state index is 5.49. The molecule has 0 radical (unpaired) electrons. The van der Waals surface area contributed by atoms with Gasteiger partial charge in [0, 0.05) is 19.1 Å². The topological polar surface area (TPSA) is 59.6 Å². The Bertz CT molecular complexity index is 174. The smallest absolute Gasteiger partial charge is 0.113 e. The van der Waals surface area contributed by atoms with Crippen molar-refractivity contribution in [3.63, 3.8) is 0 Å². The third kappa shape index (κ3) is 3.74. The van der Waals surface area contributed by atoms with Crippen molar-refractivity contribution in [2.75, 3.05) is 6.61 Å². The lowest BCUT2D eigenvalue weighted by Gasteiger charge is -2.12. The van der Waals surface area contributed by atoms with Crippen LogP contribution in [0.5, 0.6) is 0 Å². The standard InChI is InChI=1S/C9H19N3O/c1-7(2)11-9(12-10)6-8-4-3-5-13-8/h7-8H,3-6,10H2,1-2H3,(H,11,12). The van der Waals surface area contributed by atoms with E-state index in [9.17, 15) is 0 Å². The van der Waals surface area contributed by atoms with Crippen LogP contribution in [0.15, 0.2) is 4.99 Å². The highest BCUT2D eigenvalue weighted by molar-refractivity contribution is 5.82. The van der Waals surface area contributed by atoms with E-state index in [1.807, 2.05) is 13.8 Å². The molecule has 1 aliphatic heterocycles. The van der Waals surface area contributed by atoms with Gasteiger partial charge in [-0.25, -0.2) is 5.84 Å². The van der Waals surface area contributed by atoms with Crippen LogP contribution >= 0.6 is 0 Å². The summed E-state index contributed by atoms with van der Waals surface area (Å²) in [4.78, 5) is 4.36. The lowest BCUT2D eigenvalue weighted by atomic mass is 10.2. The van der Waals surface area contributed by atoms with E-state index in [4.69, 9.17) is 10.6 Å². The third-order valence-electron chi connectivity index (χ3n) is 2.03. The highest BCUT2D eigenvalue weighted by atomic mass is 16.5. The highest BCUT2D eigenvalue weighted by Gasteiger charge is 2.17. The van der Waals surface area contributed by atoms with Crippen molar-refractivity contribution in [1.29, 1.82) is 0 Å². The molecule has 0 aliphatic carbocycles. The van der Waals surface area contributed by atoms with E-state index >= 15 is 0 Å². The molecule has 13 heavy (non-hydrogen) atoms. The van der Waals surface area contributed by atoms with Gasteiger partial charge in [0.25, 0.3) is 0 Å². The SMILES string of the molecule is CC(C)N=C(CC1CCCO1)NN. The zero-order valence-electron chi connectivity index (χ0n) is 8.42. The van der Waals surface area contributed by atoms with Gasteiger partial charge in [-0.1, -0.05) is 0 Å². The predicted molar refractivity (Wildman–Crippen MR) is 53.5 cm³/mol. The summed E-state index contributed by atoms with van der Waals surface area (Å²) in [5.74, 6) is 6.21. The number of rotatable bonds is 3. The number of nitrogens with one attached hydrogen (secondary N) is 1. The number of hydrogen-bond donors (Lipinski definition) is 2. The fourth-order valence-corrected chi connectivity index (χ4v) is 1.48. The summed E-state index contributed by atoms with van der Waals surface area (Å²) in [5.41, 5.74) is 2.63. The first-order valence-corrected chi connectivity index (χ1v) is 4.87. The predicted octanol–water partition coefficient (Wildman–Crippen LogP) is 0.826. The van der Waals surface area contributed by atoms with E-state index in [2.05, 4.69) is 10.4 Å². The molecule has 76 valence electrons. The van der Waals surface area contributed by atoms with Crippen molar-refractivity contribution in [2.45, 2.75) is 45.3 Å². The second-order valence-electron chi connectivity index (χ2n) is 3.65. The van der Waals surface area contributed by atoms with E-state index in [1.165, 1.54) is 0 Å². The van der Waals surface area contributed by atoms with Gasteiger partial charge in [-0.3, -0.25) is 4.99 Å². The Kier molecular flexibility index (Phi) is 4.18. The Morgan fingerprint density at radius 1 is 1.69 bits per heavy atom. The summed E-state index contributed by atoms with van der Waals surface area (Å²) in [5, 5.41) is 0. The minimum Gasteiger partial charge on any atom is -0.378 e. The minimum atomic E-state index is 0.285. The van der Waals surface area contributed by atoms with Gasteiger partial charge in [0.1, 0.15) is 5.84 Å². The van der Waals surface area contributed by atoms with E-state index in [0.29, 0.717) is 6.10 Å². The molecular formula is C9H19N3O. The number of aliphatic imine (C=N–C) groups is 1. The van der Waals surface area contributed by atoms with Crippen molar-refractivity contribution >= 4 is 5.84 Å². The first-order chi connectivity index (χ1) is 6.22. The zero-order chi connectivity index (χ0) is 9.68. The summed E-state index contributed by atoms with van der Waals surface area (Å²) in [6.45, 7) is 4.95. The van der Waals surface area contributed by atoms with Crippen molar-refractivity contribution < 1.29 is 4.74 Å². The van der Waals surface area contributed by atoms with E-state index in [-0.39, 0.29) is 6.04 Å². The van der Waals surface area contributed by atoms with E-state index < -0.39 is 0 Å². The molecule has 0 aromatic heterocycles. The quantitative estimate of drug-likeness (QED) is 0.296. The molecule has 4 heteroatoms. The van der Waals surface area contributed by atoms with Crippen LogP contribution in [-0.2, 0) is 4.74 Å². The van der Waals surface area contributed by atoms with Gasteiger partial charge < -0.3 is 10.2 Å². The van der Waals surface area contributed by atoms with Crippen molar-refractivity contribution in [2.24, 2.45) is 10.8 Å². The van der Waals surface area contributed by atoms with Crippen molar-refractivity contribution in [3.05, 3.63) is 0 Å². The molecule has 1 aliphatic rings. The Labute approximate surface area is 79.5 Å². The summed E-state index contributed by atoms with van der Waals surface area (Å²) >= 11 is 0. The molecule has 4 nitrogen and oxygen atoms in total. The zero-order valence-corrected chi connectivity index (χ0v) is 8.42. The average molecular weight is 185 g/mol. The van der Waals surface area contributed by atoms with Crippen molar-refractivity contribution in [1.82, 2.24) is 5.43 Å². The molecule has 1 unspecified atom stereocenters. The molecule has 1 rings (SSSR count). The molecule has 0 bridgehead atoms. The molecule has 0 spiro atoms. The molecule has 0 aromatic carbocycles. The molecular weight excluding hydrogens is 166 g/mol. The second kappa shape index (κ2) is 5.19. The van der Waals surface area contributed by atoms with Gasteiger partial charge in [-0.2, -0.15) is 0 Å². The van der Waals surface area contributed by atoms with Crippen LogP contribution in [0, 0.1) is 0 Å². The minimum absolute atomic E-state index is 0.285. The second-order valence-corrected chi connectivity index (χ2v) is 3.65. The number of amidine groups is 1. The van der Waals surface area contributed by atoms with Gasteiger partial charge >= 0.3 is 0 Å². The van der Waals surface area contributed by atoms with Gasteiger partial charge in [-0.15, -0.1) is 0 Å². The molecule has 1 atom stereocenters. The third-order valence-corrected chi connectivity index (χ3v) is 2.03. The van der Waals surface area contributed by atoms with Crippen molar-refractivity contribution in [3.8, 4) is 0 Å². The highest BCUT2D eigenvalue weighted by Crippen LogP contribution is 2.15. The Balaban J connectivity index is 2.38. The number of hydrogen-bond acceptors (Lipinski definition) is 3. The van der Waals surface area contributed by atoms with Crippen LogP contribution in [0.25, 0.3) is 0 Å². The average Bonchev–Trinajstić information content (AvgIpc) is 2.55. The Morgan fingerprint density at radius 3 is 2.92 bits per heavy atom. The molecule has 1 fully saturated rings. The van der Waals surface area contributed by atoms with Crippen LogP contribution in [0.2, 0.25) is 0 Å². The van der Waals surface area contributed by atoms with Gasteiger partial charge in [-0.05, 0) is 26.7 Å². The fourth-order valence-electron chi connectivity index (χ4n) is 1.48. The summed E-state index contributed by atoms with van der Waals surface area (Å²) in [6, 6.07) is 0.285. The largest absolute Gasteiger partial charge is 0.378 e. The molecule has 0 saturated carbocycles. The van der Waals surface area contributed by atoms with Crippen LogP contribution in [-0.4, -0.2) is 24.6 Å². The number of nitrogens with zero attached hydrogens (tertiary/aromatic N) is 1. The summed E-state index contributed by atoms with van der Waals surface area (Å²) < 4.78 is 5.49. The monoisotopic (exact) mass is 185 g/mol. The van der Waals surface area contributed by atoms with Crippen LogP contribution in [0.4, 0.5) is 0 Å². The number of ether oxygens (including phenoxy) is 1. The molecule has 0 amide bonds. The van der Waals surface area contributed by atoms with Crippen LogP contribution in [0.3, 0.4) is 0 Å². The Morgan fingerprint density at radius 2 is 2.46 bits per heavy atom. The number of hydrazine groups is 1. The van der Waals surface area contributed by atoms with Crippen LogP contribution in [0.1, 0.15) is 33.1 Å². The van der Waals surface area contributed by atoms with Gasteiger partial charge in [0.05, 0.1) is 6.10 Å². The lowest BCUT2D eigenvalue weighted by Crippen LogP contribution is -2.33. The lowest BCUT2D eigenvalue weighted by molar-refractivity contribution is 0.116. The van der Waals surface area contributed by atoms with Gasteiger partial charge in [0.2, 0.25) is 0 Å². The molecule has 0 aromatic rings. The fraction of sp³-hybridized carbons (Fsp3) is 0.889. The molecule has 1 heterocycles. The normalized spacial score (nSPS) is 24.0. The molecule has 3 N–H and O–H groups in total. The van der Waals surface area contributed by atoms with E-state index in [0.717, 1.165) is 31.7 Å². The maximum Gasteiger partial charge on any atom is 0.113 e. The van der Waals surface area contributed by atoms with Crippen LogP contribution < -0.4 is 11.3 Å². The number of nitrogens with two attached hydrogens (primary N) is 1.